The fourth-order valence-corrected chi connectivity index (χ4v) is 9.52. The first-order valence-electron chi connectivity index (χ1n) is 18.3. The molecule has 5 aliphatic rings. The van der Waals surface area contributed by atoms with Crippen molar-refractivity contribution in [3.8, 4) is 5.88 Å². The second kappa shape index (κ2) is 14.0. The fraction of sp³-hybridized carbons (Fsp3) is 0.622. The lowest BCUT2D eigenvalue weighted by molar-refractivity contribution is -0.142. The highest BCUT2D eigenvalue weighted by molar-refractivity contribution is 7.91. The lowest BCUT2D eigenvalue weighted by Crippen LogP contribution is -2.58. The summed E-state index contributed by atoms with van der Waals surface area (Å²) in [5.41, 5.74) is -0.210. The predicted octanol–water partition coefficient (Wildman–Crippen LogP) is 3.91. The molecule has 3 amide bonds. The molecular weight excluding hydrogens is 643 g/mol. The summed E-state index contributed by atoms with van der Waals surface area (Å²) < 4.78 is 34.2. The zero-order valence-electron chi connectivity index (χ0n) is 28.2. The van der Waals surface area contributed by atoms with E-state index in [9.17, 15) is 22.8 Å². The summed E-state index contributed by atoms with van der Waals surface area (Å²) in [7, 11) is -3.82. The van der Waals surface area contributed by atoms with E-state index in [0.29, 0.717) is 18.7 Å². The van der Waals surface area contributed by atoms with Crippen molar-refractivity contribution in [2.24, 2.45) is 11.8 Å². The molecule has 11 nitrogen and oxygen atoms in total. The molecule has 3 aliphatic carbocycles. The molecule has 0 spiro atoms. The first-order valence-corrected chi connectivity index (χ1v) is 19.8. The highest BCUT2D eigenvalue weighted by atomic mass is 32.2. The number of ether oxygens (including phenoxy) is 1. The van der Waals surface area contributed by atoms with Gasteiger partial charge in [-0.1, -0.05) is 50.3 Å². The van der Waals surface area contributed by atoms with Gasteiger partial charge in [-0.2, -0.15) is 0 Å². The summed E-state index contributed by atoms with van der Waals surface area (Å²) in [5, 5.41) is 7.83. The van der Waals surface area contributed by atoms with Crippen LogP contribution in [0.25, 0.3) is 10.8 Å². The number of amides is 3. The Morgan fingerprint density at radius 1 is 1.04 bits per heavy atom. The Bertz CT molecular complexity index is 1710. The first kappa shape index (κ1) is 34.0. The molecule has 0 unspecified atom stereocenters. The van der Waals surface area contributed by atoms with Gasteiger partial charge in [0.15, 0.2) is 0 Å². The first-order chi connectivity index (χ1) is 23.7. The number of carbonyl (C=O) groups is 3. The lowest BCUT2D eigenvalue weighted by atomic mass is 9.96. The van der Waals surface area contributed by atoms with E-state index in [-0.39, 0.29) is 31.2 Å². The minimum absolute atomic E-state index is 0.127. The zero-order valence-corrected chi connectivity index (χ0v) is 29.0. The Kier molecular flexibility index (Phi) is 9.71. The van der Waals surface area contributed by atoms with Crippen LogP contribution in [0.2, 0.25) is 0 Å². The number of hydrogen-bond acceptors (Lipinski definition) is 8. The molecule has 12 heteroatoms. The van der Waals surface area contributed by atoms with Gasteiger partial charge in [0.1, 0.15) is 17.7 Å². The number of nitrogens with zero attached hydrogens (tertiary/aromatic N) is 2. The van der Waals surface area contributed by atoms with E-state index in [1.165, 1.54) is 5.56 Å². The van der Waals surface area contributed by atoms with Gasteiger partial charge in [0.05, 0.1) is 17.8 Å². The van der Waals surface area contributed by atoms with Crippen molar-refractivity contribution in [2.45, 2.75) is 119 Å². The normalized spacial score (nSPS) is 30.0. The molecule has 1 saturated heterocycles. The topological polar surface area (TPSA) is 147 Å². The molecular formula is C37H49N5O6S. The quantitative estimate of drug-likeness (QED) is 0.371. The maximum Gasteiger partial charge on any atom is 0.259 e. The van der Waals surface area contributed by atoms with Gasteiger partial charge < -0.3 is 20.3 Å². The van der Waals surface area contributed by atoms with Crippen molar-refractivity contribution >= 4 is 38.5 Å². The molecule has 4 bridgehead atoms. The molecule has 264 valence electrons. The number of nitrogens with one attached hydrogen (secondary N) is 3. The summed E-state index contributed by atoms with van der Waals surface area (Å²) in [5.74, 6) is -1.14. The van der Waals surface area contributed by atoms with Crippen LogP contribution in [0, 0.1) is 11.8 Å². The smallest absolute Gasteiger partial charge is 0.259 e. The summed E-state index contributed by atoms with van der Waals surface area (Å²) >= 11 is 0. The summed E-state index contributed by atoms with van der Waals surface area (Å²) in [6.45, 7) is 4.74. The van der Waals surface area contributed by atoms with Crippen molar-refractivity contribution in [3.05, 3.63) is 48.7 Å². The van der Waals surface area contributed by atoms with E-state index in [1.54, 1.807) is 17.2 Å². The molecule has 3 N–H and O–H groups in total. The van der Waals surface area contributed by atoms with Crippen LogP contribution in [0.5, 0.6) is 5.88 Å². The molecule has 1 aromatic heterocycles. The van der Waals surface area contributed by atoms with Crippen LogP contribution in [-0.2, 0) is 30.8 Å². The molecule has 2 aromatic rings. The predicted molar refractivity (Wildman–Crippen MR) is 186 cm³/mol. The van der Waals surface area contributed by atoms with E-state index in [4.69, 9.17) is 4.74 Å². The van der Waals surface area contributed by atoms with Crippen molar-refractivity contribution in [3.63, 3.8) is 0 Å². The minimum Gasteiger partial charge on any atom is -0.472 e. The Hall–Kier alpha value is -3.51. The zero-order chi connectivity index (χ0) is 34.2. The summed E-state index contributed by atoms with van der Waals surface area (Å²) in [4.78, 5) is 48.5. The number of aryl methyl sites for hydroxylation is 1. The number of sulfonamides is 1. The van der Waals surface area contributed by atoms with Gasteiger partial charge in [-0.05, 0) is 86.9 Å². The van der Waals surface area contributed by atoms with Crippen LogP contribution in [0.3, 0.4) is 0 Å². The molecule has 3 heterocycles. The highest BCUT2D eigenvalue weighted by Gasteiger charge is 2.62. The SMILES string of the molecule is C=C[C@H]1C[C@]1(NC(=O)[C@@H]1C[C@@H]2CN1C(=O)[C@@H](C1CCCC1)NCCCCCCCc1ccc3ccnc(c3c1)O2)C(=O)NS(=O)(=O)C1CC1. The number of pyridine rings is 1. The fourth-order valence-electron chi connectivity index (χ4n) is 8.16. The molecule has 3 saturated carbocycles. The van der Waals surface area contributed by atoms with Gasteiger partial charge in [-0.25, -0.2) is 13.4 Å². The summed E-state index contributed by atoms with van der Waals surface area (Å²) in [6, 6.07) is 7.02. The molecule has 1 aromatic carbocycles. The number of benzene rings is 1. The van der Waals surface area contributed by atoms with Crippen molar-refractivity contribution in [1.29, 1.82) is 0 Å². The van der Waals surface area contributed by atoms with Crippen LogP contribution >= 0.6 is 0 Å². The molecule has 7 rings (SSSR count). The van der Waals surface area contributed by atoms with E-state index in [1.807, 2.05) is 6.07 Å². The average molecular weight is 692 g/mol. The average Bonchev–Trinajstić information content (AvgIpc) is 3.96. The largest absolute Gasteiger partial charge is 0.472 e. The van der Waals surface area contributed by atoms with Gasteiger partial charge in [0, 0.05) is 23.9 Å². The third kappa shape index (κ3) is 7.22. The van der Waals surface area contributed by atoms with Crippen LogP contribution < -0.4 is 20.1 Å². The molecule has 0 radical (unpaired) electrons. The van der Waals surface area contributed by atoms with Gasteiger partial charge in [0.2, 0.25) is 27.7 Å². The third-order valence-electron chi connectivity index (χ3n) is 11.3. The number of fused-ring (bicyclic) bond motifs is 3. The minimum atomic E-state index is -3.82. The van der Waals surface area contributed by atoms with Gasteiger partial charge in [-0.3, -0.25) is 19.1 Å². The van der Waals surface area contributed by atoms with Crippen LogP contribution in [0.1, 0.15) is 89.0 Å². The van der Waals surface area contributed by atoms with E-state index >= 15 is 0 Å². The number of rotatable bonds is 7. The molecule has 2 aliphatic heterocycles. The number of hydrogen-bond donors (Lipinski definition) is 3. The van der Waals surface area contributed by atoms with Crippen LogP contribution in [0.4, 0.5) is 0 Å². The van der Waals surface area contributed by atoms with E-state index in [0.717, 1.165) is 81.5 Å². The molecule has 4 fully saturated rings. The summed E-state index contributed by atoms with van der Waals surface area (Å²) in [6.07, 6.45) is 14.7. The van der Waals surface area contributed by atoms with Crippen molar-refractivity contribution < 1.29 is 27.5 Å². The second-order valence-electron chi connectivity index (χ2n) is 14.8. The number of carbonyl (C=O) groups excluding carboxylic acids is 3. The van der Waals surface area contributed by atoms with E-state index < -0.39 is 56.7 Å². The third-order valence-corrected chi connectivity index (χ3v) is 13.1. The lowest BCUT2D eigenvalue weighted by Gasteiger charge is -2.32. The maximum absolute atomic E-state index is 14.6. The Morgan fingerprint density at radius 2 is 1.82 bits per heavy atom. The Labute approximate surface area is 289 Å². The second-order valence-corrected chi connectivity index (χ2v) is 16.8. The Morgan fingerprint density at radius 3 is 2.57 bits per heavy atom. The molecule has 49 heavy (non-hydrogen) atoms. The standard InChI is InChI=1S/C37H49N5O6S/c1-2-27-22-37(27,36(45)41-49(46,47)29-15-16-29)40-33(43)31-21-28-23-42(31)35(44)32(26-11-7-8-12-26)38-18-9-5-3-4-6-10-24-13-14-25-17-19-39-34(48-28)30(25)20-24/h2,13-14,17,19-20,26-29,31-32,38H,1,3-12,15-16,18,21-23H2,(H,40,43)(H,41,45)/t27-,28+,31-,32+,37+/m0/s1. The van der Waals surface area contributed by atoms with Gasteiger partial charge in [0.25, 0.3) is 5.91 Å². The maximum atomic E-state index is 14.6. The Balaban J connectivity index is 1.18. The van der Waals surface area contributed by atoms with E-state index in [2.05, 4.69) is 45.1 Å². The van der Waals surface area contributed by atoms with Crippen LogP contribution in [0.15, 0.2) is 43.1 Å². The number of aromatic nitrogens is 1. The monoisotopic (exact) mass is 691 g/mol. The van der Waals surface area contributed by atoms with Gasteiger partial charge >= 0.3 is 0 Å². The van der Waals surface area contributed by atoms with Crippen LogP contribution in [-0.4, -0.2) is 78.1 Å². The van der Waals surface area contributed by atoms with Gasteiger partial charge in [-0.15, -0.1) is 6.58 Å². The van der Waals surface area contributed by atoms with Crippen molar-refractivity contribution in [1.82, 2.24) is 25.2 Å². The molecule has 5 atom stereocenters. The van der Waals surface area contributed by atoms with Crippen molar-refractivity contribution in [2.75, 3.05) is 13.1 Å². The highest BCUT2D eigenvalue weighted by Crippen LogP contribution is 2.45.